The van der Waals surface area contributed by atoms with Crippen LogP contribution in [0.5, 0.6) is 0 Å². The van der Waals surface area contributed by atoms with Gasteiger partial charge in [-0.1, -0.05) is 41.4 Å². The smallest absolute Gasteiger partial charge is 0.322 e. The van der Waals surface area contributed by atoms with Gasteiger partial charge in [-0.2, -0.15) is 5.10 Å². The number of aryl methyl sites for hydroxylation is 3. The van der Waals surface area contributed by atoms with Gasteiger partial charge in [0, 0.05) is 22.3 Å². The zero-order valence-electron chi connectivity index (χ0n) is 20.1. The van der Waals surface area contributed by atoms with E-state index in [1.807, 2.05) is 42.1 Å². The lowest BCUT2D eigenvalue weighted by Gasteiger charge is -2.14. The Hall–Kier alpha value is -3.47. The van der Waals surface area contributed by atoms with Crippen LogP contribution in [0.2, 0.25) is 5.02 Å². The fourth-order valence-electron chi connectivity index (χ4n) is 4.06. The Morgan fingerprint density at radius 2 is 1.69 bits per heavy atom. The predicted molar refractivity (Wildman–Crippen MR) is 138 cm³/mol. The van der Waals surface area contributed by atoms with E-state index in [0.717, 1.165) is 22.4 Å². The van der Waals surface area contributed by atoms with Crippen molar-refractivity contribution >= 4 is 27.5 Å². The third-order valence-corrected chi connectivity index (χ3v) is 7.20. The van der Waals surface area contributed by atoms with Gasteiger partial charge in [0.15, 0.2) is 5.69 Å². The summed E-state index contributed by atoms with van der Waals surface area (Å²) in [4.78, 5) is 4.59. The number of anilines is 1. The molecule has 4 N–H and O–H groups in total. The molecule has 36 heavy (non-hydrogen) atoms. The average Bonchev–Trinajstić information content (AvgIpc) is 3.52. The molecule has 0 radical (unpaired) electrons. The summed E-state index contributed by atoms with van der Waals surface area (Å²) in [6, 6.07) is 11.3. The summed E-state index contributed by atoms with van der Waals surface area (Å²) in [5.41, 5.74) is 11.3. The lowest BCUT2D eigenvalue weighted by atomic mass is 10.1. The van der Waals surface area contributed by atoms with Crippen molar-refractivity contribution in [2.75, 3.05) is 11.6 Å². The quantitative estimate of drug-likeness (QED) is 0.234. The molecule has 11 heteroatoms. The highest BCUT2D eigenvalue weighted by Crippen LogP contribution is 2.35. The predicted octanol–water partition coefficient (Wildman–Crippen LogP) is 3.70. The van der Waals surface area contributed by atoms with Crippen molar-refractivity contribution in [3.8, 4) is 22.5 Å². The zero-order chi connectivity index (χ0) is 26.2. The fraction of sp³-hybridized carbons (Fsp3) is 0.240. The number of rotatable bonds is 4. The van der Waals surface area contributed by atoms with Crippen molar-refractivity contribution < 1.29 is 17.6 Å². The molecule has 2 aromatic carbocycles. The van der Waals surface area contributed by atoms with Gasteiger partial charge in [-0.05, 0) is 56.9 Å². The first-order valence-electron chi connectivity index (χ1n) is 11.3. The lowest BCUT2D eigenvalue weighted by Crippen LogP contribution is -2.47. The van der Waals surface area contributed by atoms with Gasteiger partial charge < -0.3 is 4.55 Å². The van der Waals surface area contributed by atoms with Crippen molar-refractivity contribution in [2.24, 2.45) is 0 Å². The molecule has 4 aromatic rings. The fourth-order valence-corrected chi connectivity index (χ4v) is 5.10. The first-order chi connectivity index (χ1) is 16.9. The highest BCUT2D eigenvalue weighted by Gasteiger charge is 2.26. The minimum absolute atomic E-state index is 0.0851. The van der Waals surface area contributed by atoms with Crippen LogP contribution in [0, 0.1) is 20.8 Å². The van der Waals surface area contributed by atoms with Gasteiger partial charge in [0.05, 0.1) is 17.1 Å². The molecule has 1 saturated carbocycles. The second-order valence-electron chi connectivity index (χ2n) is 8.90. The highest BCUT2D eigenvalue weighted by atomic mass is 35.5. The molecular weight excluding hydrogens is 500 g/mol. The number of aromatic nitrogens is 4. The van der Waals surface area contributed by atoms with Gasteiger partial charge in [-0.3, -0.25) is 16.3 Å². The molecule has 188 valence electrons. The van der Waals surface area contributed by atoms with Gasteiger partial charge >= 0.3 is 5.82 Å². The molecular formula is C25H27ClN6O3S. The van der Waals surface area contributed by atoms with Crippen molar-refractivity contribution in [3.63, 3.8) is 0 Å². The minimum atomic E-state index is -4.33. The Labute approximate surface area is 215 Å². The minimum Gasteiger partial charge on any atom is -0.744 e. The van der Waals surface area contributed by atoms with Crippen molar-refractivity contribution in [1.29, 1.82) is 0 Å². The maximum Gasteiger partial charge on any atom is 0.322 e. The molecule has 2 aromatic heterocycles. The molecule has 1 aliphatic rings. The summed E-state index contributed by atoms with van der Waals surface area (Å²) in [5.74, 6) is 6.40. The Kier molecular flexibility index (Phi) is 7.03. The average molecular weight is 527 g/mol. The Morgan fingerprint density at radius 1 is 1.08 bits per heavy atom. The molecule has 0 atom stereocenters. The summed E-state index contributed by atoms with van der Waals surface area (Å²) < 4.78 is 35.8. The number of halogens is 1. The van der Waals surface area contributed by atoms with E-state index in [9.17, 15) is 13.0 Å². The molecule has 1 aliphatic carbocycles. The van der Waals surface area contributed by atoms with E-state index in [1.54, 1.807) is 38.4 Å². The highest BCUT2D eigenvalue weighted by molar-refractivity contribution is 7.85. The monoisotopic (exact) mass is 526 g/mol. The second kappa shape index (κ2) is 9.88. The van der Waals surface area contributed by atoms with Gasteiger partial charge in [0.2, 0.25) is 0 Å². The molecule has 0 amide bonds. The van der Waals surface area contributed by atoms with Crippen LogP contribution in [0.25, 0.3) is 22.5 Å². The lowest BCUT2D eigenvalue weighted by molar-refractivity contribution is -0.623. The summed E-state index contributed by atoms with van der Waals surface area (Å²) >= 11 is 5.94. The van der Waals surface area contributed by atoms with Gasteiger partial charge in [0.25, 0.3) is 0 Å². The summed E-state index contributed by atoms with van der Waals surface area (Å²) in [6.45, 7) is 5.12. The van der Waals surface area contributed by atoms with Crippen molar-refractivity contribution in [3.05, 3.63) is 76.7 Å². The number of nitrogen functional groups attached to an aromatic ring is 2. The SMILES string of the molecule is Cc1cc(C)c(S(=O)(=O)[O-])c(C)c1.Nc1c(-c2cnn(C3CC3)c2)nc(-c2ccc(Cl)cc2)c[n+]1N. The number of hydrogen-bond acceptors (Lipinski definition) is 7. The summed E-state index contributed by atoms with van der Waals surface area (Å²) in [6.07, 6.45) is 7.80. The maximum absolute atomic E-state index is 10.8. The molecule has 2 heterocycles. The van der Waals surface area contributed by atoms with Gasteiger partial charge in [-0.15, -0.1) is 4.68 Å². The van der Waals surface area contributed by atoms with Crippen LogP contribution in [0.4, 0.5) is 5.82 Å². The zero-order valence-corrected chi connectivity index (χ0v) is 21.7. The van der Waals surface area contributed by atoms with Crippen LogP contribution in [-0.4, -0.2) is 27.7 Å². The van der Waals surface area contributed by atoms with Crippen LogP contribution in [0.1, 0.15) is 35.6 Å². The Bertz CT molecular complexity index is 1510. The Morgan fingerprint density at radius 3 is 2.25 bits per heavy atom. The van der Waals surface area contributed by atoms with E-state index < -0.39 is 10.1 Å². The van der Waals surface area contributed by atoms with E-state index in [2.05, 4.69) is 10.1 Å². The normalized spacial score (nSPS) is 13.2. The summed E-state index contributed by atoms with van der Waals surface area (Å²) in [7, 11) is -4.33. The van der Waals surface area contributed by atoms with E-state index in [-0.39, 0.29) is 4.90 Å². The summed E-state index contributed by atoms with van der Waals surface area (Å²) in [5, 5.41) is 5.07. The number of nitrogens with two attached hydrogens (primary N) is 2. The van der Waals surface area contributed by atoms with Crippen LogP contribution in [-0.2, 0) is 10.1 Å². The molecule has 0 bridgehead atoms. The van der Waals surface area contributed by atoms with Crippen LogP contribution < -0.4 is 16.3 Å². The first kappa shape index (κ1) is 25.6. The van der Waals surface area contributed by atoms with Crippen molar-refractivity contribution in [1.82, 2.24) is 14.8 Å². The van der Waals surface area contributed by atoms with E-state index >= 15 is 0 Å². The standard InChI is InChI=1S/C16H15ClN6.C9H12O3S/c17-12-3-1-10(2-4-12)14-9-22(19)16(18)15(21-14)11-7-20-23(8-11)13-5-6-13;1-6-4-7(2)9(8(3)5-6)13(10,11)12/h1-4,7-9,13,18H,5-6,19H2;4-5H,1-3H3,(H,10,11,12). The number of benzene rings is 2. The Balaban J connectivity index is 0.000000200. The van der Waals surface area contributed by atoms with Crippen molar-refractivity contribution in [2.45, 2.75) is 44.6 Å². The molecule has 0 unspecified atom stereocenters. The molecule has 9 nitrogen and oxygen atoms in total. The molecule has 1 fully saturated rings. The third-order valence-electron chi connectivity index (χ3n) is 5.81. The second-order valence-corrected chi connectivity index (χ2v) is 10.6. The molecule has 5 rings (SSSR count). The number of hydrogen-bond donors (Lipinski definition) is 2. The largest absolute Gasteiger partial charge is 0.744 e. The molecule has 0 aliphatic heterocycles. The van der Waals surface area contributed by atoms with Crippen LogP contribution in [0.15, 0.2) is 59.9 Å². The van der Waals surface area contributed by atoms with Crippen LogP contribution >= 0.6 is 11.6 Å². The van der Waals surface area contributed by atoms with Gasteiger partial charge in [-0.25, -0.2) is 13.4 Å². The van der Waals surface area contributed by atoms with Gasteiger partial charge in [0.1, 0.15) is 22.0 Å². The van der Waals surface area contributed by atoms with E-state index in [0.29, 0.717) is 33.7 Å². The topological polar surface area (TPSA) is 144 Å². The maximum atomic E-state index is 10.8. The first-order valence-corrected chi connectivity index (χ1v) is 13.0. The number of nitrogens with zero attached hydrogens (tertiary/aromatic N) is 4. The molecule has 0 saturated heterocycles. The van der Waals surface area contributed by atoms with E-state index in [4.69, 9.17) is 23.2 Å². The van der Waals surface area contributed by atoms with Crippen LogP contribution in [0.3, 0.4) is 0 Å². The third kappa shape index (κ3) is 5.67. The molecule has 0 spiro atoms. The van der Waals surface area contributed by atoms with E-state index in [1.165, 1.54) is 17.5 Å².